The second-order valence-electron chi connectivity index (χ2n) is 6.71. The molecule has 150 valence electrons. The highest BCUT2D eigenvalue weighted by molar-refractivity contribution is 5.78. The highest BCUT2D eigenvalue weighted by atomic mass is 16.5. The molecule has 1 aromatic heterocycles. The van der Waals surface area contributed by atoms with Crippen molar-refractivity contribution < 1.29 is 14.3 Å². The average Bonchev–Trinajstić information content (AvgIpc) is 2.74. The molecule has 0 unspecified atom stereocenters. The number of ether oxygens (including phenoxy) is 2. The number of aromatic nitrogens is 2. The Morgan fingerprint density at radius 1 is 1.14 bits per heavy atom. The lowest BCUT2D eigenvalue weighted by molar-refractivity contribution is -0.123. The molecule has 1 fully saturated rings. The third-order valence-corrected chi connectivity index (χ3v) is 4.86. The van der Waals surface area contributed by atoms with Gasteiger partial charge in [0.2, 0.25) is 11.9 Å². The summed E-state index contributed by atoms with van der Waals surface area (Å²) >= 11 is 0. The van der Waals surface area contributed by atoms with Crippen LogP contribution in [0.25, 0.3) is 0 Å². The number of carbonyl (C=O) groups is 1. The molecule has 3 rings (SSSR count). The van der Waals surface area contributed by atoms with Crippen LogP contribution in [-0.4, -0.2) is 67.7 Å². The van der Waals surface area contributed by atoms with Gasteiger partial charge in [-0.05, 0) is 31.2 Å². The second kappa shape index (κ2) is 9.36. The predicted molar refractivity (Wildman–Crippen MR) is 107 cm³/mol. The van der Waals surface area contributed by atoms with E-state index in [0.717, 1.165) is 49.2 Å². The van der Waals surface area contributed by atoms with Gasteiger partial charge in [-0.15, -0.1) is 0 Å². The van der Waals surface area contributed by atoms with Gasteiger partial charge in [-0.25, -0.2) is 9.97 Å². The lowest BCUT2D eigenvalue weighted by Gasteiger charge is -2.34. The number of nitrogens with one attached hydrogen (secondary N) is 1. The number of carbonyl (C=O) groups excluding carboxylic acids is 1. The molecule has 1 aromatic carbocycles. The summed E-state index contributed by atoms with van der Waals surface area (Å²) in [6, 6.07) is 7.20. The summed E-state index contributed by atoms with van der Waals surface area (Å²) in [4.78, 5) is 25.4. The van der Waals surface area contributed by atoms with Gasteiger partial charge in [-0.1, -0.05) is 0 Å². The summed E-state index contributed by atoms with van der Waals surface area (Å²) in [7, 11) is 3.24. The summed E-state index contributed by atoms with van der Waals surface area (Å²) in [6.45, 7) is 5.50. The molecule has 1 aliphatic heterocycles. The van der Waals surface area contributed by atoms with Crippen LogP contribution in [0.2, 0.25) is 0 Å². The van der Waals surface area contributed by atoms with Gasteiger partial charge >= 0.3 is 0 Å². The maximum absolute atomic E-state index is 12.5. The second-order valence-corrected chi connectivity index (χ2v) is 6.71. The Labute approximate surface area is 165 Å². The Kier molecular flexibility index (Phi) is 6.65. The van der Waals surface area contributed by atoms with Crippen LogP contribution in [0.3, 0.4) is 0 Å². The standard InChI is InChI=1S/C20H27N5O3/c1-15(17-13-16(27-2)5-6-18(17)28-3)23-19(26)14-24-9-11-25(12-10-24)20-21-7-4-8-22-20/h4-8,13,15H,9-12,14H2,1-3H3,(H,23,26)/t15-/m1/s1. The predicted octanol–water partition coefficient (Wildman–Crippen LogP) is 1.49. The van der Waals surface area contributed by atoms with E-state index in [1.54, 1.807) is 26.6 Å². The number of anilines is 1. The zero-order chi connectivity index (χ0) is 19.9. The maximum Gasteiger partial charge on any atom is 0.234 e. The summed E-state index contributed by atoms with van der Waals surface area (Å²) < 4.78 is 10.7. The number of hydrogen-bond donors (Lipinski definition) is 1. The topological polar surface area (TPSA) is 79.8 Å². The smallest absolute Gasteiger partial charge is 0.234 e. The molecule has 0 radical (unpaired) electrons. The molecule has 8 heteroatoms. The van der Waals surface area contributed by atoms with E-state index < -0.39 is 0 Å². The van der Waals surface area contributed by atoms with Crippen molar-refractivity contribution in [1.29, 1.82) is 0 Å². The van der Waals surface area contributed by atoms with Crippen LogP contribution in [0, 0.1) is 0 Å². The molecule has 1 amide bonds. The third kappa shape index (κ3) is 4.89. The fourth-order valence-electron chi connectivity index (χ4n) is 3.31. The van der Waals surface area contributed by atoms with Gasteiger partial charge in [0, 0.05) is 44.1 Å². The van der Waals surface area contributed by atoms with Crippen LogP contribution in [0.1, 0.15) is 18.5 Å². The molecule has 8 nitrogen and oxygen atoms in total. The molecule has 2 aromatic rings. The third-order valence-electron chi connectivity index (χ3n) is 4.86. The first-order valence-corrected chi connectivity index (χ1v) is 9.36. The van der Waals surface area contributed by atoms with E-state index in [1.165, 1.54) is 0 Å². The molecule has 28 heavy (non-hydrogen) atoms. The Morgan fingerprint density at radius 2 is 1.86 bits per heavy atom. The lowest BCUT2D eigenvalue weighted by Crippen LogP contribution is -2.50. The van der Waals surface area contributed by atoms with E-state index >= 15 is 0 Å². The van der Waals surface area contributed by atoms with Crippen LogP contribution in [-0.2, 0) is 4.79 Å². The number of piperazine rings is 1. The highest BCUT2D eigenvalue weighted by Gasteiger charge is 2.22. The van der Waals surface area contributed by atoms with Crippen molar-refractivity contribution in [3.8, 4) is 11.5 Å². The van der Waals surface area contributed by atoms with Crippen molar-refractivity contribution in [2.45, 2.75) is 13.0 Å². The Bertz CT molecular complexity index is 779. The summed E-state index contributed by atoms with van der Waals surface area (Å²) in [5, 5.41) is 3.06. The normalized spacial score (nSPS) is 15.8. The first kappa shape index (κ1) is 19.9. The summed E-state index contributed by atoms with van der Waals surface area (Å²) in [5.74, 6) is 2.19. The van der Waals surface area contributed by atoms with Crippen molar-refractivity contribution >= 4 is 11.9 Å². The number of amides is 1. The fourth-order valence-corrected chi connectivity index (χ4v) is 3.31. The SMILES string of the molecule is COc1ccc(OC)c([C@@H](C)NC(=O)CN2CCN(c3ncccn3)CC2)c1. The fraction of sp³-hybridized carbons (Fsp3) is 0.450. The minimum Gasteiger partial charge on any atom is -0.497 e. The van der Waals surface area contributed by atoms with Crippen LogP contribution >= 0.6 is 0 Å². The molecule has 1 aliphatic rings. The molecular formula is C20H27N5O3. The van der Waals surface area contributed by atoms with E-state index in [4.69, 9.17) is 9.47 Å². The summed E-state index contributed by atoms with van der Waals surface area (Å²) in [6.07, 6.45) is 3.49. The van der Waals surface area contributed by atoms with E-state index in [1.807, 2.05) is 31.2 Å². The van der Waals surface area contributed by atoms with E-state index in [-0.39, 0.29) is 11.9 Å². The number of rotatable bonds is 7. The lowest BCUT2D eigenvalue weighted by atomic mass is 10.1. The Balaban J connectivity index is 1.52. The minimum absolute atomic E-state index is 0.0122. The zero-order valence-electron chi connectivity index (χ0n) is 16.6. The van der Waals surface area contributed by atoms with Crippen LogP contribution < -0.4 is 19.7 Å². The first-order valence-electron chi connectivity index (χ1n) is 9.36. The van der Waals surface area contributed by atoms with Crippen LogP contribution in [0.15, 0.2) is 36.7 Å². The van der Waals surface area contributed by atoms with Crippen molar-refractivity contribution in [3.05, 3.63) is 42.2 Å². The Hall–Kier alpha value is -2.87. The summed E-state index contributed by atoms with van der Waals surface area (Å²) in [5.41, 5.74) is 0.890. The monoisotopic (exact) mass is 385 g/mol. The van der Waals surface area contributed by atoms with Gasteiger partial charge in [0.15, 0.2) is 0 Å². The maximum atomic E-state index is 12.5. The first-order chi connectivity index (χ1) is 13.6. The number of benzene rings is 1. The van der Waals surface area contributed by atoms with E-state index in [9.17, 15) is 4.79 Å². The van der Waals surface area contributed by atoms with Crippen molar-refractivity contribution in [3.63, 3.8) is 0 Å². The van der Waals surface area contributed by atoms with Crippen LogP contribution in [0.4, 0.5) is 5.95 Å². The van der Waals surface area contributed by atoms with Gasteiger partial charge in [-0.3, -0.25) is 9.69 Å². The molecule has 0 spiro atoms. The van der Waals surface area contributed by atoms with Gasteiger partial charge in [-0.2, -0.15) is 0 Å². The van der Waals surface area contributed by atoms with Crippen molar-refractivity contribution in [2.24, 2.45) is 0 Å². The van der Waals surface area contributed by atoms with Crippen molar-refractivity contribution in [2.75, 3.05) is 51.8 Å². The zero-order valence-corrected chi connectivity index (χ0v) is 16.6. The molecule has 0 aliphatic carbocycles. The molecule has 1 saturated heterocycles. The highest BCUT2D eigenvalue weighted by Crippen LogP contribution is 2.29. The number of hydrogen-bond acceptors (Lipinski definition) is 7. The van der Waals surface area contributed by atoms with Gasteiger partial charge in [0.25, 0.3) is 0 Å². The molecule has 2 heterocycles. The van der Waals surface area contributed by atoms with Gasteiger partial charge < -0.3 is 19.7 Å². The van der Waals surface area contributed by atoms with Gasteiger partial charge in [0.1, 0.15) is 11.5 Å². The number of methoxy groups -OCH3 is 2. The van der Waals surface area contributed by atoms with Crippen LogP contribution in [0.5, 0.6) is 11.5 Å². The van der Waals surface area contributed by atoms with Crippen molar-refractivity contribution in [1.82, 2.24) is 20.2 Å². The van der Waals surface area contributed by atoms with E-state index in [2.05, 4.69) is 25.1 Å². The molecule has 1 N–H and O–H groups in total. The molecule has 1 atom stereocenters. The molecule has 0 saturated carbocycles. The van der Waals surface area contributed by atoms with Gasteiger partial charge in [0.05, 0.1) is 26.8 Å². The minimum atomic E-state index is -0.184. The average molecular weight is 385 g/mol. The molecular weight excluding hydrogens is 358 g/mol. The Morgan fingerprint density at radius 3 is 2.50 bits per heavy atom. The largest absolute Gasteiger partial charge is 0.497 e. The molecule has 0 bridgehead atoms. The quantitative estimate of drug-likeness (QED) is 0.773. The van der Waals surface area contributed by atoms with E-state index in [0.29, 0.717) is 6.54 Å². The number of nitrogens with zero attached hydrogens (tertiary/aromatic N) is 4.